The minimum Gasteiger partial charge on any atom is -0.314 e. The quantitative estimate of drug-likeness (QED) is 0.794. The largest absolute Gasteiger partial charge is 0.314 e. The van der Waals surface area contributed by atoms with Gasteiger partial charge in [-0.3, -0.25) is 0 Å². The molecule has 2 saturated carbocycles. The fourth-order valence-electron chi connectivity index (χ4n) is 4.53. The van der Waals surface area contributed by atoms with Crippen LogP contribution in [0.4, 0.5) is 4.39 Å². The number of rotatable bonds is 6. The predicted octanol–water partition coefficient (Wildman–Crippen LogP) is 4.83. The molecular formula is C18H25ClFN. The molecule has 0 spiro atoms. The highest BCUT2D eigenvalue weighted by Gasteiger charge is 2.40. The molecule has 3 heteroatoms. The first kappa shape index (κ1) is 15.3. The van der Waals surface area contributed by atoms with Gasteiger partial charge < -0.3 is 5.32 Å². The second-order valence-electron chi connectivity index (χ2n) is 6.84. The van der Waals surface area contributed by atoms with Crippen molar-refractivity contribution in [3.05, 3.63) is 34.6 Å². The van der Waals surface area contributed by atoms with Crippen LogP contribution in [0.1, 0.15) is 44.6 Å². The van der Waals surface area contributed by atoms with Gasteiger partial charge in [-0.1, -0.05) is 37.1 Å². The topological polar surface area (TPSA) is 12.0 Å². The van der Waals surface area contributed by atoms with Crippen LogP contribution >= 0.6 is 11.6 Å². The monoisotopic (exact) mass is 309 g/mol. The number of hydrogen-bond acceptors (Lipinski definition) is 1. The summed E-state index contributed by atoms with van der Waals surface area (Å²) in [6.45, 7) is 3.10. The third-order valence-electron chi connectivity index (χ3n) is 5.46. The van der Waals surface area contributed by atoms with E-state index in [2.05, 4.69) is 12.2 Å². The number of nitrogens with one attached hydrogen (secondary N) is 1. The van der Waals surface area contributed by atoms with Gasteiger partial charge >= 0.3 is 0 Å². The third kappa shape index (κ3) is 3.43. The van der Waals surface area contributed by atoms with Crippen LogP contribution in [-0.2, 0) is 6.42 Å². The maximum Gasteiger partial charge on any atom is 0.142 e. The Labute approximate surface area is 132 Å². The van der Waals surface area contributed by atoms with Crippen LogP contribution in [0.25, 0.3) is 0 Å². The van der Waals surface area contributed by atoms with E-state index in [-0.39, 0.29) is 5.82 Å². The van der Waals surface area contributed by atoms with Crippen LogP contribution < -0.4 is 5.32 Å². The fourth-order valence-corrected chi connectivity index (χ4v) is 4.73. The summed E-state index contributed by atoms with van der Waals surface area (Å²) in [6.07, 6.45) is 7.77. The minimum absolute atomic E-state index is 0.299. The van der Waals surface area contributed by atoms with Gasteiger partial charge in [0.05, 0.1) is 5.02 Å². The fraction of sp³-hybridized carbons (Fsp3) is 0.667. The Morgan fingerprint density at radius 1 is 1.33 bits per heavy atom. The molecule has 4 atom stereocenters. The van der Waals surface area contributed by atoms with Gasteiger partial charge in [0.2, 0.25) is 0 Å². The molecule has 4 unspecified atom stereocenters. The van der Waals surface area contributed by atoms with Crippen molar-refractivity contribution in [3.8, 4) is 0 Å². The van der Waals surface area contributed by atoms with Crippen LogP contribution in [0.2, 0.25) is 5.02 Å². The van der Waals surface area contributed by atoms with E-state index < -0.39 is 0 Å². The van der Waals surface area contributed by atoms with Gasteiger partial charge in [0, 0.05) is 6.04 Å². The number of fused-ring (bicyclic) bond motifs is 2. The van der Waals surface area contributed by atoms with Gasteiger partial charge in [-0.15, -0.1) is 0 Å². The molecule has 0 aliphatic heterocycles. The summed E-state index contributed by atoms with van der Waals surface area (Å²) in [4.78, 5) is 0. The van der Waals surface area contributed by atoms with Crippen molar-refractivity contribution in [2.75, 3.05) is 6.54 Å². The van der Waals surface area contributed by atoms with Crippen molar-refractivity contribution in [3.63, 3.8) is 0 Å². The Hall–Kier alpha value is -0.600. The van der Waals surface area contributed by atoms with E-state index in [1.165, 1.54) is 38.2 Å². The van der Waals surface area contributed by atoms with Gasteiger partial charge in [0.1, 0.15) is 5.82 Å². The lowest BCUT2D eigenvalue weighted by Gasteiger charge is -2.27. The molecule has 2 bridgehead atoms. The molecule has 116 valence electrons. The first-order valence-electron chi connectivity index (χ1n) is 8.33. The first-order chi connectivity index (χ1) is 10.2. The van der Waals surface area contributed by atoms with Gasteiger partial charge in [0.15, 0.2) is 0 Å². The van der Waals surface area contributed by atoms with Crippen molar-refractivity contribution in [2.45, 2.75) is 51.5 Å². The SMILES string of the molecule is CCNC(Cc1cccc(F)c1Cl)CC1CC2CCC1C2. The Morgan fingerprint density at radius 3 is 2.86 bits per heavy atom. The summed E-state index contributed by atoms with van der Waals surface area (Å²) < 4.78 is 13.6. The molecule has 2 fully saturated rings. The van der Waals surface area contributed by atoms with E-state index in [4.69, 9.17) is 11.6 Å². The maximum atomic E-state index is 13.6. The van der Waals surface area contributed by atoms with E-state index in [0.717, 1.165) is 36.3 Å². The van der Waals surface area contributed by atoms with E-state index in [1.54, 1.807) is 6.07 Å². The van der Waals surface area contributed by atoms with Crippen molar-refractivity contribution >= 4 is 11.6 Å². The lowest BCUT2D eigenvalue weighted by Crippen LogP contribution is -2.34. The zero-order valence-electron chi connectivity index (χ0n) is 12.7. The maximum absolute atomic E-state index is 13.6. The standard InChI is InChI=1S/C18H25ClFN/c1-2-21-16(10-14-4-3-5-17(20)18(14)19)11-15-9-12-6-7-13(15)8-12/h3-5,12-13,15-16,21H,2,6-11H2,1H3. The van der Waals surface area contributed by atoms with Gasteiger partial charge in [-0.05, 0) is 68.0 Å². The average Bonchev–Trinajstić information content (AvgIpc) is 3.06. The second-order valence-corrected chi connectivity index (χ2v) is 7.22. The summed E-state index contributed by atoms with van der Waals surface area (Å²) in [5.41, 5.74) is 0.936. The average molecular weight is 310 g/mol. The van der Waals surface area contributed by atoms with Gasteiger partial charge in [-0.25, -0.2) is 4.39 Å². The van der Waals surface area contributed by atoms with Crippen molar-refractivity contribution in [1.29, 1.82) is 0 Å². The summed E-state index contributed by atoms with van der Waals surface area (Å²) >= 11 is 6.11. The Balaban J connectivity index is 1.65. The molecule has 2 aliphatic rings. The van der Waals surface area contributed by atoms with E-state index >= 15 is 0 Å². The van der Waals surface area contributed by atoms with Gasteiger partial charge in [-0.2, -0.15) is 0 Å². The molecule has 1 aromatic rings. The number of hydrogen-bond donors (Lipinski definition) is 1. The molecule has 3 rings (SSSR count). The molecular weight excluding hydrogens is 285 g/mol. The van der Waals surface area contributed by atoms with Gasteiger partial charge in [0.25, 0.3) is 0 Å². The molecule has 0 amide bonds. The minimum atomic E-state index is -0.302. The van der Waals surface area contributed by atoms with Crippen molar-refractivity contribution in [2.24, 2.45) is 17.8 Å². The van der Waals surface area contributed by atoms with Crippen molar-refractivity contribution < 1.29 is 4.39 Å². The lowest BCUT2D eigenvalue weighted by atomic mass is 9.83. The molecule has 0 aromatic heterocycles. The molecule has 0 heterocycles. The summed E-state index contributed by atoms with van der Waals surface area (Å²) in [5.74, 6) is 2.49. The highest BCUT2D eigenvalue weighted by molar-refractivity contribution is 6.31. The van der Waals surface area contributed by atoms with E-state index in [1.807, 2.05) is 6.07 Å². The van der Waals surface area contributed by atoms with E-state index in [0.29, 0.717) is 11.1 Å². The molecule has 21 heavy (non-hydrogen) atoms. The smallest absolute Gasteiger partial charge is 0.142 e. The highest BCUT2D eigenvalue weighted by Crippen LogP contribution is 2.50. The molecule has 2 aliphatic carbocycles. The molecule has 1 N–H and O–H groups in total. The number of benzene rings is 1. The third-order valence-corrected chi connectivity index (χ3v) is 5.89. The lowest BCUT2D eigenvalue weighted by molar-refractivity contribution is 0.278. The summed E-state index contributed by atoms with van der Waals surface area (Å²) in [5, 5.41) is 3.88. The molecule has 0 radical (unpaired) electrons. The molecule has 1 aromatic carbocycles. The van der Waals surface area contributed by atoms with E-state index in [9.17, 15) is 4.39 Å². The molecule has 0 saturated heterocycles. The van der Waals surface area contributed by atoms with Crippen LogP contribution in [-0.4, -0.2) is 12.6 Å². The summed E-state index contributed by atoms with van der Waals surface area (Å²) in [6, 6.07) is 5.57. The van der Waals surface area contributed by atoms with Crippen LogP contribution in [0.3, 0.4) is 0 Å². The predicted molar refractivity (Wildman–Crippen MR) is 86.1 cm³/mol. The Bertz CT molecular complexity index is 490. The van der Waals surface area contributed by atoms with Crippen molar-refractivity contribution in [1.82, 2.24) is 5.32 Å². The molecule has 1 nitrogen and oxygen atoms in total. The first-order valence-corrected chi connectivity index (χ1v) is 8.71. The second kappa shape index (κ2) is 6.66. The zero-order valence-corrected chi connectivity index (χ0v) is 13.5. The Morgan fingerprint density at radius 2 is 2.19 bits per heavy atom. The van der Waals surface area contributed by atoms with Crippen LogP contribution in [0.5, 0.6) is 0 Å². The normalized spacial score (nSPS) is 29.0. The summed E-state index contributed by atoms with van der Waals surface area (Å²) in [7, 11) is 0. The highest BCUT2D eigenvalue weighted by atomic mass is 35.5. The number of halogens is 2. The zero-order chi connectivity index (χ0) is 14.8. The van der Waals surface area contributed by atoms with Crippen LogP contribution in [0.15, 0.2) is 18.2 Å². The van der Waals surface area contributed by atoms with Crippen LogP contribution in [0, 0.1) is 23.6 Å². The Kier molecular flexibility index (Phi) is 4.85. The number of likely N-dealkylation sites (N-methyl/N-ethyl adjacent to an activating group) is 1.